The smallest absolute Gasteiger partial charge is 0.343 e. The highest BCUT2D eigenvalue weighted by Gasteiger charge is 2.23. The summed E-state index contributed by atoms with van der Waals surface area (Å²) in [6, 6.07) is 22.4. The molecule has 0 bridgehead atoms. The average molecular weight is 849 g/mol. The summed E-state index contributed by atoms with van der Waals surface area (Å²) in [4.78, 5) is 26.5. The number of rotatable bonds is 28. The lowest BCUT2D eigenvalue weighted by atomic mass is 9.89. The van der Waals surface area contributed by atoms with Gasteiger partial charge in [0.05, 0.1) is 24.3 Å². The standard InChI is InChI=1S/C54H72O6S/c1-5-7-9-11-13-15-17-19-21-23-33-57-47-29-25-43(26-30-47)53(55)59-49-35-41(3)51-45(37-49)39-61-40-46-38-50(36-42(4)52(46)51)60-54(56)44-27-31-48(32-28-44)58-34-24-22-20-18-16-14-12-10-8-6-2/h25-32,35-38H,5-24,33-34,39-40H2,1-4H3. The number of aryl methyl sites for hydroxylation is 2. The maximum absolute atomic E-state index is 13.2. The first-order chi connectivity index (χ1) is 29.9. The van der Waals surface area contributed by atoms with Crippen LogP contribution in [0.1, 0.15) is 185 Å². The summed E-state index contributed by atoms with van der Waals surface area (Å²) in [5.41, 5.74) is 7.56. The molecule has 330 valence electrons. The van der Waals surface area contributed by atoms with Crippen LogP contribution in [0.15, 0.2) is 72.8 Å². The minimum atomic E-state index is -0.392. The quantitative estimate of drug-likeness (QED) is 0.0320. The van der Waals surface area contributed by atoms with Gasteiger partial charge >= 0.3 is 11.9 Å². The van der Waals surface area contributed by atoms with Crippen molar-refractivity contribution < 1.29 is 28.5 Å². The fraction of sp³-hybridized carbons (Fsp3) is 0.519. The van der Waals surface area contributed by atoms with Gasteiger partial charge in [0.2, 0.25) is 0 Å². The zero-order valence-corrected chi connectivity index (χ0v) is 38.6. The van der Waals surface area contributed by atoms with Crippen LogP contribution in [0, 0.1) is 13.8 Å². The van der Waals surface area contributed by atoms with Gasteiger partial charge in [0, 0.05) is 11.5 Å². The molecule has 0 spiro atoms. The number of ether oxygens (including phenoxy) is 4. The number of carbonyl (C=O) groups is 2. The Bertz CT molecular complexity index is 1780. The van der Waals surface area contributed by atoms with E-state index in [9.17, 15) is 9.59 Å². The second kappa shape index (κ2) is 27.0. The Kier molecular flexibility index (Phi) is 21.1. The predicted octanol–water partition coefficient (Wildman–Crippen LogP) is 15.8. The fourth-order valence-electron chi connectivity index (χ4n) is 8.25. The third kappa shape index (κ3) is 16.2. The van der Waals surface area contributed by atoms with E-state index in [2.05, 4.69) is 27.7 Å². The Morgan fingerprint density at radius 1 is 0.443 bits per heavy atom. The lowest BCUT2D eigenvalue weighted by Gasteiger charge is -2.18. The van der Waals surface area contributed by atoms with Gasteiger partial charge < -0.3 is 18.9 Å². The van der Waals surface area contributed by atoms with Gasteiger partial charge in [-0.2, -0.15) is 11.8 Å². The molecule has 7 heteroatoms. The van der Waals surface area contributed by atoms with Gasteiger partial charge in [-0.3, -0.25) is 0 Å². The summed E-state index contributed by atoms with van der Waals surface area (Å²) >= 11 is 1.79. The van der Waals surface area contributed by atoms with Crippen molar-refractivity contribution in [2.75, 3.05) is 13.2 Å². The molecule has 6 nitrogen and oxygen atoms in total. The zero-order valence-electron chi connectivity index (χ0n) is 37.8. The van der Waals surface area contributed by atoms with Crippen molar-refractivity contribution in [3.05, 3.63) is 106 Å². The van der Waals surface area contributed by atoms with E-state index in [1.54, 1.807) is 36.0 Å². The number of fused-ring (bicyclic) bond motifs is 3. The van der Waals surface area contributed by atoms with Gasteiger partial charge in [-0.05, 0) is 133 Å². The molecule has 0 atom stereocenters. The molecule has 4 aromatic rings. The molecule has 0 N–H and O–H groups in total. The predicted molar refractivity (Wildman–Crippen MR) is 254 cm³/mol. The lowest BCUT2D eigenvalue weighted by molar-refractivity contribution is 0.0725. The number of esters is 2. The van der Waals surface area contributed by atoms with E-state index in [1.807, 2.05) is 48.5 Å². The number of hydrogen-bond acceptors (Lipinski definition) is 7. The molecule has 0 aliphatic carbocycles. The summed E-state index contributed by atoms with van der Waals surface area (Å²) in [5, 5.41) is 0. The van der Waals surface area contributed by atoms with E-state index in [1.165, 1.54) is 116 Å². The van der Waals surface area contributed by atoms with Crippen LogP contribution in [-0.2, 0) is 11.5 Å². The molecule has 0 amide bonds. The van der Waals surface area contributed by atoms with E-state index in [0.717, 1.165) is 69.2 Å². The molecule has 4 aromatic carbocycles. The molecule has 0 radical (unpaired) electrons. The van der Waals surface area contributed by atoms with Gasteiger partial charge in [-0.25, -0.2) is 9.59 Å². The van der Waals surface area contributed by atoms with E-state index in [0.29, 0.717) is 35.8 Å². The molecule has 0 saturated heterocycles. The second-order valence-corrected chi connectivity index (χ2v) is 17.9. The van der Waals surface area contributed by atoms with E-state index in [4.69, 9.17) is 18.9 Å². The second-order valence-electron chi connectivity index (χ2n) is 16.9. The number of unbranched alkanes of at least 4 members (excludes halogenated alkanes) is 18. The van der Waals surface area contributed by atoms with Gasteiger partial charge in [0.25, 0.3) is 0 Å². The van der Waals surface area contributed by atoms with Crippen molar-refractivity contribution in [3.8, 4) is 34.1 Å². The molecule has 1 heterocycles. The molecule has 0 unspecified atom stereocenters. The molecule has 1 aliphatic heterocycles. The molecular weight excluding hydrogens is 777 g/mol. The summed E-state index contributed by atoms with van der Waals surface area (Å²) < 4.78 is 23.8. The van der Waals surface area contributed by atoms with Crippen LogP contribution < -0.4 is 18.9 Å². The molecule has 1 aliphatic rings. The largest absolute Gasteiger partial charge is 0.494 e. The van der Waals surface area contributed by atoms with E-state index < -0.39 is 11.9 Å². The van der Waals surface area contributed by atoms with Crippen molar-refractivity contribution in [3.63, 3.8) is 0 Å². The minimum Gasteiger partial charge on any atom is -0.494 e. The normalized spacial score (nSPS) is 12.0. The fourth-order valence-corrected chi connectivity index (χ4v) is 9.24. The van der Waals surface area contributed by atoms with Crippen LogP contribution >= 0.6 is 11.8 Å². The highest BCUT2D eigenvalue weighted by atomic mass is 32.2. The van der Waals surface area contributed by atoms with Gasteiger partial charge in [-0.1, -0.05) is 129 Å². The zero-order chi connectivity index (χ0) is 43.1. The van der Waals surface area contributed by atoms with Gasteiger partial charge in [0.15, 0.2) is 0 Å². The number of thioether (sulfide) groups is 1. The van der Waals surface area contributed by atoms with E-state index >= 15 is 0 Å². The summed E-state index contributed by atoms with van der Waals surface area (Å²) in [5.74, 6) is 3.35. The Hall–Kier alpha value is -4.23. The maximum atomic E-state index is 13.2. The third-order valence-corrected chi connectivity index (χ3v) is 12.7. The van der Waals surface area contributed by atoms with Crippen molar-refractivity contribution >= 4 is 23.7 Å². The summed E-state index contributed by atoms with van der Waals surface area (Å²) in [7, 11) is 0. The summed E-state index contributed by atoms with van der Waals surface area (Å²) in [6.07, 6.45) is 25.8. The Labute approximate surface area is 371 Å². The van der Waals surface area contributed by atoms with Crippen LogP contribution in [0.5, 0.6) is 23.0 Å². The highest BCUT2D eigenvalue weighted by molar-refractivity contribution is 7.97. The number of benzene rings is 4. The van der Waals surface area contributed by atoms with Crippen LogP contribution in [0.3, 0.4) is 0 Å². The molecule has 61 heavy (non-hydrogen) atoms. The topological polar surface area (TPSA) is 71.1 Å². The minimum absolute atomic E-state index is 0.392. The SMILES string of the molecule is CCCCCCCCCCCCOc1ccc(C(=O)Oc2cc(C)c3c(c2)CSCc2cc(OC(=O)c4ccc(OCCCCCCCCCCCC)cc4)cc(C)c2-3)cc1. The van der Waals surface area contributed by atoms with Crippen LogP contribution in [-0.4, -0.2) is 25.2 Å². The Morgan fingerprint density at radius 2 is 0.770 bits per heavy atom. The van der Waals surface area contributed by atoms with Crippen molar-refractivity contribution in [2.24, 2.45) is 0 Å². The molecular formula is C54H72O6S. The van der Waals surface area contributed by atoms with Crippen molar-refractivity contribution in [1.29, 1.82) is 0 Å². The molecule has 5 rings (SSSR count). The lowest BCUT2D eigenvalue weighted by Crippen LogP contribution is -2.10. The van der Waals surface area contributed by atoms with Crippen molar-refractivity contribution in [2.45, 2.75) is 168 Å². The molecule has 0 fully saturated rings. The number of hydrogen-bond donors (Lipinski definition) is 0. The van der Waals surface area contributed by atoms with Gasteiger partial charge in [0.1, 0.15) is 23.0 Å². The maximum Gasteiger partial charge on any atom is 0.343 e. The monoisotopic (exact) mass is 849 g/mol. The van der Waals surface area contributed by atoms with Crippen molar-refractivity contribution in [1.82, 2.24) is 0 Å². The Balaban J connectivity index is 1.07. The first-order valence-electron chi connectivity index (χ1n) is 23.6. The molecule has 0 saturated carbocycles. The highest BCUT2D eigenvalue weighted by Crippen LogP contribution is 2.43. The van der Waals surface area contributed by atoms with E-state index in [-0.39, 0.29) is 0 Å². The van der Waals surface area contributed by atoms with Crippen LogP contribution in [0.4, 0.5) is 0 Å². The Morgan fingerprint density at radius 3 is 1.11 bits per heavy atom. The number of carbonyl (C=O) groups excluding carboxylic acids is 2. The third-order valence-electron chi connectivity index (χ3n) is 11.7. The van der Waals surface area contributed by atoms with Crippen LogP contribution in [0.2, 0.25) is 0 Å². The first-order valence-corrected chi connectivity index (χ1v) is 24.8. The summed E-state index contributed by atoms with van der Waals surface area (Å²) in [6.45, 7) is 10.0. The molecule has 0 aromatic heterocycles. The van der Waals surface area contributed by atoms with Gasteiger partial charge in [-0.15, -0.1) is 0 Å². The average Bonchev–Trinajstić information content (AvgIpc) is 3.45. The van der Waals surface area contributed by atoms with Crippen LogP contribution in [0.25, 0.3) is 11.1 Å². The first kappa shape index (κ1) is 47.8.